The zero-order chi connectivity index (χ0) is 22.5. The number of likely N-dealkylation sites (N-methyl/N-ethyl adjacent to an activating group) is 2. The third-order valence-electron chi connectivity index (χ3n) is 5.67. The monoisotopic (exact) mass is 452 g/mol. The van der Waals surface area contributed by atoms with Crippen LogP contribution in [-0.4, -0.2) is 98.6 Å². The zero-order valence-corrected chi connectivity index (χ0v) is 18.3. The number of anilines is 2. The highest BCUT2D eigenvalue weighted by molar-refractivity contribution is 7.90. The van der Waals surface area contributed by atoms with E-state index in [1.165, 1.54) is 17.5 Å². The van der Waals surface area contributed by atoms with Gasteiger partial charge < -0.3 is 19.6 Å². The van der Waals surface area contributed by atoms with Gasteiger partial charge in [-0.1, -0.05) is 0 Å². The van der Waals surface area contributed by atoms with Crippen molar-refractivity contribution in [3.63, 3.8) is 0 Å². The van der Waals surface area contributed by atoms with Crippen molar-refractivity contribution in [3.8, 4) is 5.75 Å². The minimum Gasteiger partial charge on any atom is -0.501 e. The quantitative estimate of drug-likeness (QED) is 0.579. The van der Waals surface area contributed by atoms with Crippen LogP contribution in [0.1, 0.15) is 10.5 Å². The lowest BCUT2D eigenvalue weighted by molar-refractivity contribution is 0.0590. The van der Waals surface area contributed by atoms with Gasteiger partial charge in [-0.15, -0.1) is 0 Å². The van der Waals surface area contributed by atoms with Crippen molar-refractivity contribution >= 4 is 33.2 Å². The molecule has 2 aromatic rings. The van der Waals surface area contributed by atoms with Crippen molar-refractivity contribution in [1.82, 2.24) is 18.6 Å². The lowest BCUT2D eigenvalue weighted by Gasteiger charge is -2.34. The minimum atomic E-state index is -3.82. The van der Waals surface area contributed by atoms with Gasteiger partial charge in [0.25, 0.3) is 0 Å². The number of esters is 1. The number of fused-ring (bicyclic) bond motifs is 1. The van der Waals surface area contributed by atoms with Crippen LogP contribution in [0.3, 0.4) is 0 Å². The molecule has 0 spiro atoms. The number of hydrogen-bond donors (Lipinski definition) is 1. The fourth-order valence-electron chi connectivity index (χ4n) is 3.73. The Morgan fingerprint density at radius 2 is 1.81 bits per heavy atom. The molecule has 12 nitrogen and oxygen atoms in total. The molecule has 0 radical (unpaired) electrons. The molecule has 168 valence electrons. The van der Waals surface area contributed by atoms with E-state index in [0.717, 1.165) is 28.9 Å². The van der Waals surface area contributed by atoms with Gasteiger partial charge in [0.2, 0.25) is 5.75 Å². The standard InChI is InChI=1S/C18H24N6O6S/c1-20-4-7-22(8-5-20)12-10-13(24-9-6-21(2)31(24,28)29)16-19-14(18(27)30-3)15(25)17(26)23(16)11-12/h10-11,25H,4-9H2,1-3H3. The molecule has 4 rings (SSSR count). The van der Waals surface area contributed by atoms with Crippen LogP contribution >= 0.6 is 0 Å². The Labute approximate surface area is 179 Å². The number of nitrogens with zero attached hydrogens (tertiary/aromatic N) is 6. The largest absolute Gasteiger partial charge is 0.501 e. The average Bonchev–Trinajstić information content (AvgIpc) is 3.02. The van der Waals surface area contributed by atoms with Gasteiger partial charge in [-0.2, -0.15) is 12.7 Å². The van der Waals surface area contributed by atoms with Gasteiger partial charge in [0, 0.05) is 52.5 Å². The van der Waals surface area contributed by atoms with Crippen molar-refractivity contribution in [3.05, 3.63) is 28.3 Å². The van der Waals surface area contributed by atoms with Crippen LogP contribution in [0.5, 0.6) is 5.75 Å². The number of carbonyl (C=O) groups excluding carboxylic acids is 1. The molecule has 2 aliphatic rings. The van der Waals surface area contributed by atoms with E-state index in [0.29, 0.717) is 18.8 Å². The molecule has 2 aliphatic heterocycles. The highest BCUT2D eigenvalue weighted by Gasteiger charge is 2.36. The predicted molar refractivity (Wildman–Crippen MR) is 113 cm³/mol. The lowest BCUT2D eigenvalue weighted by atomic mass is 10.2. The Hall–Kier alpha value is -2.90. The smallest absolute Gasteiger partial charge is 0.360 e. The number of hydrogen-bond acceptors (Lipinski definition) is 9. The number of ether oxygens (including phenoxy) is 1. The first-order chi connectivity index (χ1) is 14.6. The molecule has 13 heteroatoms. The maximum absolute atomic E-state index is 12.9. The number of aromatic hydroxyl groups is 1. The molecule has 0 bridgehead atoms. The summed E-state index contributed by atoms with van der Waals surface area (Å²) in [4.78, 5) is 33.3. The van der Waals surface area contributed by atoms with Crippen molar-refractivity contribution in [2.45, 2.75) is 0 Å². The molecule has 4 heterocycles. The number of pyridine rings is 1. The molecule has 1 N–H and O–H groups in total. The van der Waals surface area contributed by atoms with Gasteiger partial charge in [0.15, 0.2) is 11.3 Å². The van der Waals surface area contributed by atoms with Gasteiger partial charge in [-0.25, -0.2) is 9.78 Å². The third kappa shape index (κ3) is 3.47. The Morgan fingerprint density at radius 3 is 2.39 bits per heavy atom. The van der Waals surface area contributed by atoms with E-state index < -0.39 is 33.2 Å². The van der Waals surface area contributed by atoms with Crippen molar-refractivity contribution in [2.75, 3.05) is 69.7 Å². The summed E-state index contributed by atoms with van der Waals surface area (Å²) in [5, 5.41) is 10.3. The van der Waals surface area contributed by atoms with E-state index >= 15 is 0 Å². The maximum atomic E-state index is 12.9. The summed E-state index contributed by atoms with van der Waals surface area (Å²) in [5.74, 6) is -1.85. The van der Waals surface area contributed by atoms with E-state index in [1.54, 1.807) is 6.07 Å². The molecule has 31 heavy (non-hydrogen) atoms. The molecular formula is C18H24N6O6S. The van der Waals surface area contributed by atoms with Gasteiger partial charge >= 0.3 is 21.7 Å². The van der Waals surface area contributed by atoms with E-state index in [-0.39, 0.29) is 24.4 Å². The molecule has 2 aromatic heterocycles. The number of rotatable bonds is 3. The Kier molecular flexibility index (Phi) is 5.27. The second-order valence-corrected chi connectivity index (χ2v) is 9.53. The molecule has 0 atom stereocenters. The van der Waals surface area contributed by atoms with Gasteiger partial charge in [-0.3, -0.25) is 13.5 Å². The molecule has 0 aromatic carbocycles. The maximum Gasteiger partial charge on any atom is 0.360 e. The van der Waals surface area contributed by atoms with Crippen LogP contribution in [-0.2, 0) is 14.9 Å². The summed E-state index contributed by atoms with van der Waals surface area (Å²) < 4.78 is 33.8. The molecule has 0 amide bonds. The van der Waals surface area contributed by atoms with Crippen LogP contribution < -0.4 is 14.8 Å². The predicted octanol–water partition coefficient (Wildman–Crippen LogP) is -1.06. The fraction of sp³-hybridized carbons (Fsp3) is 0.500. The number of aromatic nitrogens is 2. The Morgan fingerprint density at radius 1 is 1.13 bits per heavy atom. The van der Waals surface area contributed by atoms with Crippen LogP contribution in [0.2, 0.25) is 0 Å². The van der Waals surface area contributed by atoms with Crippen LogP contribution in [0.15, 0.2) is 17.1 Å². The highest BCUT2D eigenvalue weighted by atomic mass is 32.2. The SMILES string of the molecule is COC(=O)c1nc2c(N3CCN(C)S3(=O)=O)cc(N3CCN(C)CC3)cn2c(=O)c1O. The third-order valence-corrected chi connectivity index (χ3v) is 7.58. The molecule has 2 fully saturated rings. The van der Waals surface area contributed by atoms with E-state index in [4.69, 9.17) is 0 Å². The normalized spacial score (nSPS) is 19.8. The summed E-state index contributed by atoms with van der Waals surface area (Å²) in [5.41, 5.74) is -0.726. The first kappa shape index (κ1) is 21.3. The second kappa shape index (κ2) is 7.66. The molecule has 0 unspecified atom stereocenters. The number of piperazine rings is 1. The fourth-order valence-corrected chi connectivity index (χ4v) is 5.08. The topological polar surface area (TPSA) is 128 Å². The number of carbonyl (C=O) groups is 1. The molecular weight excluding hydrogens is 428 g/mol. The van der Waals surface area contributed by atoms with Crippen molar-refractivity contribution in [2.24, 2.45) is 0 Å². The summed E-state index contributed by atoms with van der Waals surface area (Å²) in [6.07, 6.45) is 1.51. The second-order valence-electron chi connectivity index (χ2n) is 7.57. The van der Waals surface area contributed by atoms with Crippen LogP contribution in [0.4, 0.5) is 11.4 Å². The number of methoxy groups -OCH3 is 1. The molecule has 0 saturated carbocycles. The van der Waals surface area contributed by atoms with Gasteiger partial charge in [-0.05, 0) is 13.1 Å². The van der Waals surface area contributed by atoms with E-state index in [2.05, 4.69) is 14.6 Å². The summed E-state index contributed by atoms with van der Waals surface area (Å²) in [6.45, 7) is 3.39. The van der Waals surface area contributed by atoms with Crippen LogP contribution in [0, 0.1) is 0 Å². The first-order valence-corrected chi connectivity index (χ1v) is 11.1. The van der Waals surface area contributed by atoms with E-state index in [1.807, 2.05) is 11.9 Å². The van der Waals surface area contributed by atoms with Crippen LogP contribution in [0.25, 0.3) is 5.65 Å². The average molecular weight is 452 g/mol. The molecule has 0 aliphatic carbocycles. The lowest BCUT2D eigenvalue weighted by Crippen LogP contribution is -2.44. The van der Waals surface area contributed by atoms with Crippen molar-refractivity contribution < 1.29 is 23.1 Å². The Balaban J connectivity index is 1.98. The van der Waals surface area contributed by atoms with E-state index in [9.17, 15) is 23.1 Å². The summed E-state index contributed by atoms with van der Waals surface area (Å²) >= 11 is 0. The zero-order valence-electron chi connectivity index (χ0n) is 17.5. The van der Waals surface area contributed by atoms with Gasteiger partial charge in [0.1, 0.15) is 0 Å². The van der Waals surface area contributed by atoms with Crippen molar-refractivity contribution in [1.29, 1.82) is 0 Å². The highest BCUT2D eigenvalue weighted by Crippen LogP contribution is 2.32. The summed E-state index contributed by atoms with van der Waals surface area (Å²) in [7, 11) is 0.753. The minimum absolute atomic E-state index is 0.0556. The molecule has 2 saturated heterocycles. The van der Waals surface area contributed by atoms with Gasteiger partial charge in [0.05, 0.1) is 18.5 Å². The Bertz CT molecular complexity index is 1200. The first-order valence-electron chi connectivity index (χ1n) is 9.70. The summed E-state index contributed by atoms with van der Waals surface area (Å²) in [6, 6.07) is 1.65.